The smallest absolute Gasteiger partial charge is 0.227 e. The van der Waals surface area contributed by atoms with Gasteiger partial charge in [0.15, 0.2) is 0 Å². The maximum absolute atomic E-state index is 12.5. The van der Waals surface area contributed by atoms with Crippen LogP contribution in [-0.4, -0.2) is 43.5 Å². The summed E-state index contributed by atoms with van der Waals surface area (Å²) in [7, 11) is 0. The Labute approximate surface area is 150 Å². The molecule has 1 aromatic carbocycles. The third-order valence-electron chi connectivity index (χ3n) is 5.35. The fourth-order valence-corrected chi connectivity index (χ4v) is 3.78. The highest BCUT2D eigenvalue weighted by molar-refractivity contribution is 5.92. The van der Waals surface area contributed by atoms with Crippen LogP contribution >= 0.6 is 0 Å². The molecule has 0 bridgehead atoms. The molecule has 1 aromatic rings. The molecule has 0 atom stereocenters. The van der Waals surface area contributed by atoms with E-state index in [0.717, 1.165) is 51.3 Å². The lowest BCUT2D eigenvalue weighted by atomic mass is 9.95. The van der Waals surface area contributed by atoms with Gasteiger partial charge in [-0.3, -0.25) is 4.79 Å². The molecule has 1 N–H and O–H groups in total. The van der Waals surface area contributed by atoms with E-state index >= 15 is 0 Å². The highest BCUT2D eigenvalue weighted by Gasteiger charge is 2.24. The van der Waals surface area contributed by atoms with Crippen molar-refractivity contribution in [1.82, 2.24) is 4.90 Å². The van der Waals surface area contributed by atoms with Crippen molar-refractivity contribution in [3.05, 3.63) is 24.3 Å². The number of nitrogens with one attached hydrogen (secondary N) is 1. The molecule has 5 heteroatoms. The van der Waals surface area contributed by atoms with Crippen molar-refractivity contribution in [3.63, 3.8) is 0 Å². The molecule has 0 spiro atoms. The second kappa shape index (κ2) is 8.87. The summed E-state index contributed by atoms with van der Waals surface area (Å²) in [6.07, 6.45) is 6.20. The van der Waals surface area contributed by atoms with Gasteiger partial charge in [0.1, 0.15) is 0 Å². The SMILES string of the molecule is N#CCCN1CCC(C(=O)Nc2ccc(N3CCCCC3)cc2)CC1. The van der Waals surface area contributed by atoms with Crippen molar-refractivity contribution in [2.45, 2.75) is 38.5 Å². The zero-order valence-electron chi connectivity index (χ0n) is 14.9. The molecular formula is C20H28N4O. The molecule has 1 amide bonds. The molecule has 5 nitrogen and oxygen atoms in total. The highest BCUT2D eigenvalue weighted by atomic mass is 16.1. The van der Waals surface area contributed by atoms with Crippen LogP contribution in [0.25, 0.3) is 0 Å². The first-order chi connectivity index (χ1) is 12.3. The zero-order valence-corrected chi connectivity index (χ0v) is 14.9. The Hall–Kier alpha value is -2.06. The normalized spacial score (nSPS) is 19.4. The van der Waals surface area contributed by atoms with Gasteiger partial charge in [-0.2, -0.15) is 5.26 Å². The molecule has 2 saturated heterocycles. The minimum Gasteiger partial charge on any atom is -0.372 e. The Kier molecular flexibility index (Phi) is 6.30. The van der Waals surface area contributed by atoms with Crippen LogP contribution in [-0.2, 0) is 4.79 Å². The van der Waals surface area contributed by atoms with Gasteiger partial charge in [0.2, 0.25) is 5.91 Å². The van der Waals surface area contributed by atoms with E-state index in [2.05, 4.69) is 33.3 Å². The Morgan fingerprint density at radius 3 is 2.40 bits per heavy atom. The van der Waals surface area contributed by atoms with Crippen molar-refractivity contribution in [3.8, 4) is 6.07 Å². The minimum atomic E-state index is 0.0834. The van der Waals surface area contributed by atoms with Crippen molar-refractivity contribution >= 4 is 17.3 Å². The first kappa shape index (κ1) is 17.8. The molecule has 0 unspecified atom stereocenters. The van der Waals surface area contributed by atoms with Gasteiger partial charge in [0, 0.05) is 43.3 Å². The van der Waals surface area contributed by atoms with Crippen molar-refractivity contribution in [1.29, 1.82) is 5.26 Å². The number of likely N-dealkylation sites (tertiary alicyclic amines) is 1. The molecule has 2 heterocycles. The number of anilines is 2. The fraction of sp³-hybridized carbons (Fsp3) is 0.600. The first-order valence-electron chi connectivity index (χ1n) is 9.51. The number of piperidine rings is 2. The van der Waals surface area contributed by atoms with E-state index in [0.29, 0.717) is 6.42 Å². The Balaban J connectivity index is 1.47. The van der Waals surface area contributed by atoms with Gasteiger partial charge in [-0.1, -0.05) is 0 Å². The number of nitriles is 1. The molecule has 0 aliphatic carbocycles. The third kappa shape index (κ3) is 4.96. The van der Waals surface area contributed by atoms with Crippen LogP contribution in [0.3, 0.4) is 0 Å². The number of carbonyl (C=O) groups is 1. The van der Waals surface area contributed by atoms with Crippen LogP contribution in [0.5, 0.6) is 0 Å². The van der Waals surface area contributed by atoms with Crippen molar-refractivity contribution in [2.24, 2.45) is 5.92 Å². The summed E-state index contributed by atoms with van der Waals surface area (Å²) >= 11 is 0. The van der Waals surface area contributed by atoms with E-state index in [1.54, 1.807) is 0 Å². The van der Waals surface area contributed by atoms with E-state index in [4.69, 9.17) is 5.26 Å². The Morgan fingerprint density at radius 1 is 1.08 bits per heavy atom. The molecular weight excluding hydrogens is 312 g/mol. The standard InChI is InChI=1S/C20H28N4O/c21-11-4-12-23-15-9-17(10-16-23)20(25)22-18-5-7-19(8-6-18)24-13-2-1-3-14-24/h5-8,17H,1-4,9-10,12-16H2,(H,22,25). The number of benzene rings is 1. The molecule has 0 saturated carbocycles. The molecule has 134 valence electrons. The van der Waals surface area contributed by atoms with Crippen molar-refractivity contribution < 1.29 is 4.79 Å². The van der Waals surface area contributed by atoms with E-state index in [1.165, 1.54) is 24.9 Å². The van der Waals surface area contributed by atoms with E-state index in [9.17, 15) is 4.79 Å². The van der Waals surface area contributed by atoms with E-state index < -0.39 is 0 Å². The van der Waals surface area contributed by atoms with Crippen LogP contribution in [0, 0.1) is 17.2 Å². The number of carbonyl (C=O) groups excluding carboxylic acids is 1. The number of nitrogens with zero attached hydrogens (tertiary/aromatic N) is 3. The topological polar surface area (TPSA) is 59.4 Å². The predicted molar refractivity (Wildman–Crippen MR) is 101 cm³/mol. The minimum absolute atomic E-state index is 0.0834. The average Bonchev–Trinajstić information content (AvgIpc) is 2.68. The summed E-state index contributed by atoms with van der Waals surface area (Å²) in [5, 5.41) is 11.7. The lowest BCUT2D eigenvalue weighted by Crippen LogP contribution is -2.38. The van der Waals surface area contributed by atoms with Gasteiger partial charge < -0.3 is 15.1 Å². The lowest BCUT2D eigenvalue weighted by Gasteiger charge is -2.30. The second-order valence-electron chi connectivity index (χ2n) is 7.11. The van der Waals surface area contributed by atoms with Crippen LogP contribution < -0.4 is 10.2 Å². The monoisotopic (exact) mass is 340 g/mol. The van der Waals surface area contributed by atoms with Crippen LogP contribution in [0.4, 0.5) is 11.4 Å². The highest BCUT2D eigenvalue weighted by Crippen LogP contribution is 2.23. The van der Waals surface area contributed by atoms with Crippen LogP contribution in [0.1, 0.15) is 38.5 Å². The average molecular weight is 340 g/mol. The van der Waals surface area contributed by atoms with E-state index in [-0.39, 0.29) is 11.8 Å². The van der Waals surface area contributed by atoms with Gasteiger partial charge in [0.05, 0.1) is 6.07 Å². The number of rotatable bonds is 5. The second-order valence-corrected chi connectivity index (χ2v) is 7.11. The van der Waals surface area contributed by atoms with Crippen LogP contribution in [0.15, 0.2) is 24.3 Å². The van der Waals surface area contributed by atoms with E-state index in [1.807, 2.05) is 12.1 Å². The summed E-state index contributed by atoms with van der Waals surface area (Å²) in [5.41, 5.74) is 2.14. The van der Waals surface area contributed by atoms with Gasteiger partial charge in [-0.15, -0.1) is 0 Å². The molecule has 0 radical (unpaired) electrons. The zero-order chi connectivity index (χ0) is 17.5. The summed E-state index contributed by atoms with van der Waals surface area (Å²) in [6.45, 7) is 4.91. The largest absolute Gasteiger partial charge is 0.372 e. The molecule has 2 aliphatic rings. The van der Waals surface area contributed by atoms with Crippen molar-refractivity contribution in [2.75, 3.05) is 42.9 Å². The van der Waals surface area contributed by atoms with Gasteiger partial charge in [-0.25, -0.2) is 0 Å². The quantitative estimate of drug-likeness (QED) is 0.894. The molecule has 2 fully saturated rings. The molecule has 2 aliphatic heterocycles. The number of hydrogen-bond acceptors (Lipinski definition) is 4. The van der Waals surface area contributed by atoms with Gasteiger partial charge >= 0.3 is 0 Å². The number of hydrogen-bond donors (Lipinski definition) is 1. The summed E-state index contributed by atoms with van der Waals surface area (Å²) in [5.74, 6) is 0.214. The van der Waals surface area contributed by atoms with Gasteiger partial charge in [0.25, 0.3) is 0 Å². The lowest BCUT2D eigenvalue weighted by molar-refractivity contribution is -0.121. The summed E-state index contributed by atoms with van der Waals surface area (Å²) in [6, 6.07) is 10.5. The van der Waals surface area contributed by atoms with Gasteiger partial charge in [-0.05, 0) is 69.5 Å². The fourth-order valence-electron chi connectivity index (χ4n) is 3.78. The summed E-state index contributed by atoms with van der Waals surface area (Å²) < 4.78 is 0. The maximum Gasteiger partial charge on any atom is 0.227 e. The molecule has 0 aromatic heterocycles. The number of amides is 1. The maximum atomic E-state index is 12.5. The summed E-state index contributed by atoms with van der Waals surface area (Å²) in [4.78, 5) is 17.2. The molecule has 25 heavy (non-hydrogen) atoms. The predicted octanol–water partition coefficient (Wildman–Crippen LogP) is 3.24. The Bertz CT molecular complexity index is 593. The third-order valence-corrected chi connectivity index (χ3v) is 5.35. The Morgan fingerprint density at radius 2 is 1.76 bits per heavy atom. The van der Waals surface area contributed by atoms with Crippen LogP contribution in [0.2, 0.25) is 0 Å². The molecule has 3 rings (SSSR count). The first-order valence-corrected chi connectivity index (χ1v) is 9.51.